The minimum Gasteiger partial charge on any atom is -0.352 e. The van der Waals surface area contributed by atoms with Crippen molar-refractivity contribution in [1.82, 2.24) is 15.3 Å². The number of carbonyl (C=O) groups is 1. The van der Waals surface area contributed by atoms with E-state index in [9.17, 15) is 4.79 Å². The minimum atomic E-state index is -0.0142. The van der Waals surface area contributed by atoms with Crippen LogP contribution in [0.2, 0.25) is 0 Å². The highest BCUT2D eigenvalue weighted by molar-refractivity contribution is 9.10. The van der Waals surface area contributed by atoms with Gasteiger partial charge in [-0.1, -0.05) is 28.1 Å². The standard InChI is InChI=1S/C17H19BrN4O/c18-15-6-1-4-13(10-15)11-21-16(23)14-5-2-9-22(12-14)17-19-7-3-8-20-17/h1,3-4,6-8,10,14H,2,5,9,11-12H2,(H,21,23). The first-order chi connectivity index (χ1) is 11.2. The summed E-state index contributed by atoms with van der Waals surface area (Å²) >= 11 is 3.45. The van der Waals surface area contributed by atoms with Crippen molar-refractivity contribution in [3.05, 3.63) is 52.8 Å². The summed E-state index contributed by atoms with van der Waals surface area (Å²) < 4.78 is 1.02. The fourth-order valence-corrected chi connectivity index (χ4v) is 3.25. The SMILES string of the molecule is O=C(NCc1cccc(Br)c1)C1CCCN(c2ncccn2)C1. The van der Waals surface area contributed by atoms with Crippen molar-refractivity contribution in [3.63, 3.8) is 0 Å². The summed E-state index contributed by atoms with van der Waals surface area (Å²) in [6.07, 6.45) is 5.36. The van der Waals surface area contributed by atoms with Crippen molar-refractivity contribution in [2.24, 2.45) is 5.92 Å². The number of aromatic nitrogens is 2. The summed E-state index contributed by atoms with van der Waals surface area (Å²) in [6, 6.07) is 9.78. The molecule has 23 heavy (non-hydrogen) atoms. The Hall–Kier alpha value is -1.95. The van der Waals surface area contributed by atoms with E-state index in [4.69, 9.17) is 0 Å². The molecule has 0 radical (unpaired) electrons. The highest BCUT2D eigenvalue weighted by atomic mass is 79.9. The first-order valence-electron chi connectivity index (χ1n) is 7.76. The molecule has 2 heterocycles. The Morgan fingerprint density at radius 1 is 1.30 bits per heavy atom. The van der Waals surface area contributed by atoms with Crippen LogP contribution in [0.4, 0.5) is 5.95 Å². The molecule has 1 amide bonds. The van der Waals surface area contributed by atoms with Gasteiger partial charge in [-0.3, -0.25) is 4.79 Å². The van der Waals surface area contributed by atoms with E-state index in [1.807, 2.05) is 24.3 Å². The molecule has 1 unspecified atom stereocenters. The normalized spacial score (nSPS) is 17.8. The predicted molar refractivity (Wildman–Crippen MR) is 93.0 cm³/mol. The van der Waals surface area contributed by atoms with Crippen LogP contribution in [0.3, 0.4) is 0 Å². The zero-order valence-corrected chi connectivity index (χ0v) is 14.4. The van der Waals surface area contributed by atoms with Crippen LogP contribution in [0, 0.1) is 5.92 Å². The highest BCUT2D eigenvalue weighted by Crippen LogP contribution is 2.20. The third-order valence-corrected chi connectivity index (χ3v) is 4.48. The van der Waals surface area contributed by atoms with Crippen LogP contribution >= 0.6 is 15.9 Å². The zero-order chi connectivity index (χ0) is 16.1. The lowest BCUT2D eigenvalue weighted by Gasteiger charge is -2.31. The van der Waals surface area contributed by atoms with Crippen molar-refractivity contribution in [3.8, 4) is 0 Å². The lowest BCUT2D eigenvalue weighted by atomic mass is 9.97. The summed E-state index contributed by atoms with van der Waals surface area (Å²) in [5.41, 5.74) is 1.09. The number of halogens is 1. The maximum Gasteiger partial charge on any atom is 0.225 e. The Bertz CT molecular complexity index is 665. The second-order valence-electron chi connectivity index (χ2n) is 5.68. The van der Waals surface area contributed by atoms with E-state index in [0.29, 0.717) is 19.0 Å². The lowest BCUT2D eigenvalue weighted by molar-refractivity contribution is -0.125. The molecule has 5 nitrogen and oxygen atoms in total. The van der Waals surface area contributed by atoms with Crippen LogP contribution in [-0.2, 0) is 11.3 Å². The summed E-state index contributed by atoms with van der Waals surface area (Å²) in [7, 11) is 0. The van der Waals surface area contributed by atoms with Crippen LogP contribution in [0.5, 0.6) is 0 Å². The average Bonchev–Trinajstić information content (AvgIpc) is 2.61. The van der Waals surface area contributed by atoms with Gasteiger partial charge in [-0.05, 0) is 36.6 Å². The molecule has 6 heteroatoms. The molecule has 1 N–H and O–H groups in total. The van der Waals surface area contributed by atoms with Gasteiger partial charge in [-0.2, -0.15) is 0 Å². The Morgan fingerprint density at radius 3 is 2.91 bits per heavy atom. The first kappa shape index (κ1) is 15.9. The third kappa shape index (κ3) is 4.28. The fourth-order valence-electron chi connectivity index (χ4n) is 2.81. The molecule has 0 saturated carbocycles. The first-order valence-corrected chi connectivity index (χ1v) is 8.56. The van der Waals surface area contributed by atoms with Crippen molar-refractivity contribution in [1.29, 1.82) is 0 Å². The van der Waals surface area contributed by atoms with Crippen LogP contribution in [0.15, 0.2) is 47.2 Å². The topological polar surface area (TPSA) is 58.1 Å². The maximum atomic E-state index is 12.4. The van der Waals surface area contributed by atoms with Gasteiger partial charge in [0.2, 0.25) is 11.9 Å². The summed E-state index contributed by atoms with van der Waals surface area (Å²) in [4.78, 5) is 23.1. The number of nitrogens with one attached hydrogen (secondary N) is 1. The third-order valence-electron chi connectivity index (χ3n) is 3.98. The monoisotopic (exact) mass is 374 g/mol. The Labute approximate surface area is 144 Å². The molecule has 0 bridgehead atoms. The number of amides is 1. The molecule has 2 aromatic rings. The predicted octanol–water partition coefficient (Wildman–Crippen LogP) is 2.77. The number of piperidine rings is 1. The maximum absolute atomic E-state index is 12.4. The van der Waals surface area contributed by atoms with Crippen molar-refractivity contribution in [2.45, 2.75) is 19.4 Å². The van der Waals surface area contributed by atoms with Crippen LogP contribution in [-0.4, -0.2) is 29.0 Å². The number of nitrogens with zero attached hydrogens (tertiary/aromatic N) is 3. The van der Waals surface area contributed by atoms with Crippen LogP contribution in [0.1, 0.15) is 18.4 Å². The second kappa shape index (κ2) is 7.55. The minimum absolute atomic E-state index is 0.0142. The summed E-state index contributed by atoms with van der Waals surface area (Å²) in [5, 5.41) is 3.04. The van der Waals surface area contributed by atoms with Gasteiger partial charge in [0.15, 0.2) is 0 Å². The molecule has 1 saturated heterocycles. The lowest BCUT2D eigenvalue weighted by Crippen LogP contribution is -2.43. The molecule has 1 fully saturated rings. The van der Waals surface area contributed by atoms with Gasteiger partial charge >= 0.3 is 0 Å². The molecule has 3 rings (SSSR count). The van der Waals surface area contributed by atoms with E-state index >= 15 is 0 Å². The molecular formula is C17H19BrN4O. The van der Waals surface area contributed by atoms with Crippen LogP contribution < -0.4 is 10.2 Å². The molecule has 1 aromatic heterocycles. The smallest absolute Gasteiger partial charge is 0.225 e. The van der Waals surface area contributed by atoms with Gasteiger partial charge in [0, 0.05) is 36.5 Å². The Balaban J connectivity index is 1.57. The van der Waals surface area contributed by atoms with Gasteiger partial charge in [-0.15, -0.1) is 0 Å². The Morgan fingerprint density at radius 2 is 2.13 bits per heavy atom. The molecule has 1 aliphatic rings. The Kier molecular flexibility index (Phi) is 5.23. The van der Waals surface area contributed by atoms with Gasteiger partial charge in [0.25, 0.3) is 0 Å². The number of rotatable bonds is 4. The van der Waals surface area contributed by atoms with Gasteiger partial charge in [0.05, 0.1) is 5.92 Å². The van der Waals surface area contributed by atoms with Crippen molar-refractivity contribution in [2.75, 3.05) is 18.0 Å². The van der Waals surface area contributed by atoms with E-state index in [-0.39, 0.29) is 11.8 Å². The largest absolute Gasteiger partial charge is 0.352 e. The van der Waals surface area contributed by atoms with Gasteiger partial charge in [-0.25, -0.2) is 9.97 Å². The van der Waals surface area contributed by atoms with Crippen LogP contribution in [0.25, 0.3) is 0 Å². The van der Waals surface area contributed by atoms with E-state index < -0.39 is 0 Å². The number of hydrogen-bond acceptors (Lipinski definition) is 4. The van der Waals surface area contributed by atoms with E-state index in [1.54, 1.807) is 18.5 Å². The summed E-state index contributed by atoms with van der Waals surface area (Å²) in [5.74, 6) is 0.794. The van der Waals surface area contributed by atoms with Gasteiger partial charge < -0.3 is 10.2 Å². The fraction of sp³-hybridized carbons (Fsp3) is 0.353. The number of carbonyl (C=O) groups excluding carboxylic acids is 1. The molecule has 1 aromatic carbocycles. The molecule has 1 atom stereocenters. The van der Waals surface area contributed by atoms with Crippen molar-refractivity contribution >= 4 is 27.8 Å². The molecule has 1 aliphatic heterocycles. The van der Waals surface area contributed by atoms with Crippen molar-refractivity contribution < 1.29 is 4.79 Å². The number of hydrogen-bond donors (Lipinski definition) is 1. The molecular weight excluding hydrogens is 356 g/mol. The number of benzene rings is 1. The quantitative estimate of drug-likeness (QED) is 0.893. The number of anilines is 1. The van der Waals surface area contributed by atoms with Gasteiger partial charge in [0.1, 0.15) is 0 Å². The zero-order valence-electron chi connectivity index (χ0n) is 12.8. The molecule has 0 aliphatic carbocycles. The van der Waals surface area contributed by atoms with E-state index in [0.717, 1.165) is 29.4 Å². The molecule has 120 valence electrons. The second-order valence-corrected chi connectivity index (χ2v) is 6.60. The van der Waals surface area contributed by atoms with E-state index in [1.165, 1.54) is 0 Å². The summed E-state index contributed by atoms with van der Waals surface area (Å²) in [6.45, 7) is 2.13. The average molecular weight is 375 g/mol. The van der Waals surface area contributed by atoms with E-state index in [2.05, 4.69) is 36.1 Å². The highest BCUT2D eigenvalue weighted by Gasteiger charge is 2.26. The molecule has 0 spiro atoms.